The number of hydrogen-bond acceptors (Lipinski definition) is 4. The van der Waals surface area contributed by atoms with Gasteiger partial charge in [0.25, 0.3) is 0 Å². The van der Waals surface area contributed by atoms with Crippen molar-refractivity contribution < 1.29 is 4.74 Å². The van der Waals surface area contributed by atoms with Gasteiger partial charge < -0.3 is 14.5 Å². The minimum absolute atomic E-state index is 0.629. The Kier molecular flexibility index (Phi) is 5.96. The molecule has 0 bridgehead atoms. The van der Waals surface area contributed by atoms with Gasteiger partial charge in [0.2, 0.25) is 0 Å². The number of unbranched alkanes of at least 4 members (excludes halogenated alkanes) is 1. The van der Waals surface area contributed by atoms with E-state index in [9.17, 15) is 0 Å². The largest absolute Gasteiger partial charge is 0.471 e. The van der Waals surface area contributed by atoms with Crippen molar-refractivity contribution >= 4 is 34.6 Å². The van der Waals surface area contributed by atoms with Gasteiger partial charge in [-0.05, 0) is 43.7 Å². The molecule has 0 aromatic heterocycles. The molecule has 2 aromatic rings. The molecule has 2 aliphatic heterocycles. The van der Waals surface area contributed by atoms with Gasteiger partial charge in [0.05, 0.1) is 21.4 Å². The fourth-order valence-corrected chi connectivity index (χ4v) is 4.24. The van der Waals surface area contributed by atoms with E-state index in [2.05, 4.69) is 32.9 Å². The Morgan fingerprint density at radius 3 is 2.41 bits per heavy atom. The van der Waals surface area contributed by atoms with Crippen LogP contribution in [-0.2, 0) is 0 Å². The highest BCUT2D eigenvalue weighted by atomic mass is 35.5. The van der Waals surface area contributed by atoms with Gasteiger partial charge in [-0.2, -0.15) is 0 Å². The van der Waals surface area contributed by atoms with Gasteiger partial charge in [-0.15, -0.1) is 0 Å². The van der Waals surface area contributed by atoms with Crippen LogP contribution >= 0.6 is 23.2 Å². The molecule has 0 spiro atoms. The van der Waals surface area contributed by atoms with Crippen LogP contribution in [-0.4, -0.2) is 50.9 Å². The van der Waals surface area contributed by atoms with E-state index in [1.807, 2.05) is 24.3 Å². The lowest BCUT2D eigenvalue weighted by molar-refractivity contribution is 0.252. The van der Waals surface area contributed by atoms with Gasteiger partial charge in [0.1, 0.15) is 5.75 Å². The Balaban J connectivity index is 1.19. The minimum Gasteiger partial charge on any atom is -0.471 e. The fourth-order valence-electron chi connectivity index (χ4n) is 3.83. The normalized spacial score (nSPS) is 17.1. The lowest BCUT2D eigenvalue weighted by atomic mass is 10.2. The van der Waals surface area contributed by atoms with Gasteiger partial charge in [0, 0.05) is 32.7 Å². The molecule has 1 saturated heterocycles. The van der Waals surface area contributed by atoms with Crippen molar-refractivity contribution in [3.8, 4) is 5.75 Å². The first-order valence-electron chi connectivity index (χ1n) is 9.60. The van der Waals surface area contributed by atoms with E-state index in [0.717, 1.165) is 50.7 Å². The molecule has 0 atom stereocenters. The Morgan fingerprint density at radius 2 is 1.56 bits per heavy atom. The van der Waals surface area contributed by atoms with Crippen molar-refractivity contribution in [3.63, 3.8) is 0 Å². The monoisotopic (exact) mass is 405 g/mol. The molecule has 0 N–H and O–H groups in total. The summed E-state index contributed by atoms with van der Waals surface area (Å²) in [4.78, 5) is 7.21. The lowest BCUT2D eigenvalue weighted by Crippen LogP contribution is -2.46. The van der Waals surface area contributed by atoms with E-state index in [1.165, 1.54) is 18.5 Å². The summed E-state index contributed by atoms with van der Waals surface area (Å²) in [6, 6.07) is 14.2. The first kappa shape index (κ1) is 18.7. The third kappa shape index (κ3) is 4.29. The van der Waals surface area contributed by atoms with E-state index in [1.54, 1.807) is 0 Å². The number of nitrogens with zero attached hydrogens (tertiary/aromatic N) is 3. The van der Waals surface area contributed by atoms with Crippen LogP contribution in [0.15, 0.2) is 42.5 Å². The van der Waals surface area contributed by atoms with Crippen LogP contribution in [0.2, 0.25) is 10.0 Å². The zero-order valence-electron chi connectivity index (χ0n) is 15.4. The summed E-state index contributed by atoms with van der Waals surface area (Å²) in [5, 5.41) is 1.30. The molecule has 2 aromatic carbocycles. The summed E-state index contributed by atoms with van der Waals surface area (Å²) in [7, 11) is 0. The van der Waals surface area contributed by atoms with Gasteiger partial charge >= 0.3 is 0 Å². The Hall–Kier alpha value is -1.62. The van der Waals surface area contributed by atoms with Gasteiger partial charge in [-0.25, -0.2) is 0 Å². The maximum atomic E-state index is 6.36. The average Bonchev–Trinajstić information content (AvgIpc) is 3.11. The average molecular weight is 406 g/mol. The molecule has 2 aliphatic rings. The van der Waals surface area contributed by atoms with E-state index < -0.39 is 0 Å². The summed E-state index contributed by atoms with van der Waals surface area (Å²) in [6.07, 6.45) is 2.38. The van der Waals surface area contributed by atoms with E-state index >= 15 is 0 Å². The molecule has 0 saturated carbocycles. The number of para-hydroxylation sites is 2. The van der Waals surface area contributed by atoms with Gasteiger partial charge in [-0.3, -0.25) is 4.90 Å². The molecule has 27 heavy (non-hydrogen) atoms. The van der Waals surface area contributed by atoms with Crippen LogP contribution in [0.25, 0.3) is 0 Å². The second-order valence-corrected chi connectivity index (χ2v) is 7.90. The second kappa shape index (κ2) is 8.59. The first-order chi connectivity index (χ1) is 13.2. The number of benzene rings is 2. The van der Waals surface area contributed by atoms with Gasteiger partial charge in [0.15, 0.2) is 6.73 Å². The van der Waals surface area contributed by atoms with Crippen LogP contribution in [0.3, 0.4) is 0 Å². The Morgan fingerprint density at radius 1 is 0.815 bits per heavy atom. The standard InChI is InChI=1S/C21H25Cl2N3O/c22-17-6-5-8-19(21(17)23)25-14-12-24(13-15-25)10-3-4-11-26-16-27-20-9-2-1-7-18(20)26/h1-2,5-9H,3-4,10-16H2. The molecule has 2 heterocycles. The predicted molar refractivity (Wildman–Crippen MR) is 114 cm³/mol. The molecule has 0 aliphatic carbocycles. The number of fused-ring (bicyclic) bond motifs is 1. The summed E-state index contributed by atoms with van der Waals surface area (Å²) >= 11 is 12.5. The topological polar surface area (TPSA) is 19.0 Å². The van der Waals surface area contributed by atoms with Crippen LogP contribution < -0.4 is 14.5 Å². The van der Waals surface area contributed by atoms with Crippen molar-refractivity contribution in [2.75, 3.05) is 55.8 Å². The zero-order valence-corrected chi connectivity index (χ0v) is 16.9. The van der Waals surface area contributed by atoms with Crippen LogP contribution in [0.5, 0.6) is 5.75 Å². The Labute approximate surface area is 171 Å². The molecular formula is C21H25Cl2N3O. The first-order valence-corrected chi connectivity index (χ1v) is 10.4. The molecule has 0 unspecified atom stereocenters. The number of rotatable bonds is 6. The van der Waals surface area contributed by atoms with Crippen LogP contribution in [0.1, 0.15) is 12.8 Å². The molecule has 0 radical (unpaired) electrons. The summed E-state index contributed by atoms with van der Waals surface area (Å²) in [6.45, 7) is 7.00. The lowest BCUT2D eigenvalue weighted by Gasteiger charge is -2.36. The van der Waals surface area contributed by atoms with E-state index in [-0.39, 0.29) is 0 Å². The SMILES string of the molecule is Clc1cccc(N2CCN(CCCCN3COc4ccccc43)CC2)c1Cl. The minimum atomic E-state index is 0.629. The second-order valence-electron chi connectivity index (χ2n) is 7.11. The number of halogens is 2. The highest BCUT2D eigenvalue weighted by molar-refractivity contribution is 6.43. The van der Waals surface area contributed by atoms with E-state index in [4.69, 9.17) is 27.9 Å². The maximum Gasteiger partial charge on any atom is 0.161 e. The highest BCUT2D eigenvalue weighted by Gasteiger charge is 2.21. The summed E-state index contributed by atoms with van der Waals surface area (Å²) in [5.41, 5.74) is 2.28. The smallest absolute Gasteiger partial charge is 0.161 e. The van der Waals surface area contributed by atoms with Crippen molar-refractivity contribution in [3.05, 3.63) is 52.5 Å². The van der Waals surface area contributed by atoms with Crippen LogP contribution in [0.4, 0.5) is 11.4 Å². The number of ether oxygens (including phenoxy) is 1. The van der Waals surface area contributed by atoms with Crippen LogP contribution in [0, 0.1) is 0 Å². The third-order valence-corrected chi connectivity index (χ3v) is 6.19. The molecule has 6 heteroatoms. The molecule has 1 fully saturated rings. The van der Waals surface area contributed by atoms with E-state index in [0.29, 0.717) is 16.8 Å². The zero-order chi connectivity index (χ0) is 18.6. The van der Waals surface area contributed by atoms with Crippen molar-refractivity contribution in [1.82, 2.24) is 4.90 Å². The van der Waals surface area contributed by atoms with Gasteiger partial charge in [-0.1, -0.05) is 41.4 Å². The molecule has 0 amide bonds. The number of hydrogen-bond donors (Lipinski definition) is 0. The highest BCUT2D eigenvalue weighted by Crippen LogP contribution is 2.34. The number of anilines is 2. The number of piperazine rings is 1. The fraction of sp³-hybridized carbons (Fsp3) is 0.429. The molecular weight excluding hydrogens is 381 g/mol. The maximum absolute atomic E-state index is 6.36. The molecule has 4 rings (SSSR count). The quantitative estimate of drug-likeness (QED) is 0.645. The Bertz CT molecular complexity index is 778. The third-order valence-electron chi connectivity index (χ3n) is 5.38. The predicted octanol–water partition coefficient (Wildman–Crippen LogP) is 4.75. The summed E-state index contributed by atoms with van der Waals surface area (Å²) < 4.78 is 5.72. The van der Waals surface area contributed by atoms with Crippen molar-refractivity contribution in [2.24, 2.45) is 0 Å². The summed E-state index contributed by atoms with van der Waals surface area (Å²) in [5.74, 6) is 1.01. The van der Waals surface area contributed by atoms with Crippen molar-refractivity contribution in [1.29, 1.82) is 0 Å². The van der Waals surface area contributed by atoms with Crippen molar-refractivity contribution in [2.45, 2.75) is 12.8 Å². The molecule has 4 nitrogen and oxygen atoms in total. The molecule has 144 valence electrons.